The molecule has 0 spiro atoms. The Bertz CT molecular complexity index is 1940. The first kappa shape index (κ1) is 34.5. The van der Waals surface area contributed by atoms with E-state index in [1.165, 1.54) is 46.1 Å². The lowest BCUT2D eigenvalue weighted by Gasteiger charge is -2.16. The standard InChI is InChI=1S/C37H33N3O8S/c1-22(41)23-13-16-27(17-14-23)40-32(42)21-31(37(40)45)49-28-12-8-11-26(20-28)38-36(44)29(39-35(43)24-9-6-5-7-10-24)19-25-15-18-30(46-2)34(48-4)33(25)47-3/h5-20,31H,21H2,1-4H3,(H,38,44)(H,39,43)/b29-19-. The van der Waals surface area contributed by atoms with Gasteiger partial charge in [0.15, 0.2) is 17.3 Å². The summed E-state index contributed by atoms with van der Waals surface area (Å²) in [5.74, 6) is -0.959. The Kier molecular flexibility index (Phi) is 10.8. The Morgan fingerprint density at radius 2 is 1.53 bits per heavy atom. The highest BCUT2D eigenvalue weighted by molar-refractivity contribution is 8.00. The first-order valence-corrected chi connectivity index (χ1v) is 15.9. The number of ether oxygens (including phenoxy) is 3. The highest BCUT2D eigenvalue weighted by Gasteiger charge is 2.40. The summed E-state index contributed by atoms with van der Waals surface area (Å²) < 4.78 is 16.4. The number of hydrogen-bond acceptors (Lipinski definition) is 9. The quantitative estimate of drug-likeness (QED) is 0.109. The molecule has 1 unspecified atom stereocenters. The number of rotatable bonds is 12. The van der Waals surface area contributed by atoms with Crippen LogP contribution in [-0.2, 0) is 14.4 Å². The SMILES string of the molecule is COc1ccc(/C=C(\NC(=O)c2ccccc2)C(=O)Nc2cccc(SC3CC(=O)N(c4ccc(C(C)=O)cc4)C3=O)c2)c(OC)c1OC. The highest BCUT2D eigenvalue weighted by atomic mass is 32.2. The van der Waals surface area contributed by atoms with Gasteiger partial charge in [-0.15, -0.1) is 11.8 Å². The van der Waals surface area contributed by atoms with Crippen molar-refractivity contribution in [3.05, 3.63) is 113 Å². The fourth-order valence-corrected chi connectivity index (χ4v) is 6.27. The first-order valence-electron chi connectivity index (χ1n) is 15.1. The van der Waals surface area contributed by atoms with Crippen LogP contribution in [0.5, 0.6) is 17.2 Å². The van der Waals surface area contributed by atoms with Gasteiger partial charge in [0.05, 0.1) is 32.3 Å². The minimum absolute atomic E-state index is 0.0138. The average Bonchev–Trinajstić information content (AvgIpc) is 3.39. The number of methoxy groups -OCH3 is 3. The largest absolute Gasteiger partial charge is 0.493 e. The van der Waals surface area contributed by atoms with Crippen LogP contribution in [-0.4, -0.2) is 56.0 Å². The second-order valence-electron chi connectivity index (χ2n) is 10.8. The van der Waals surface area contributed by atoms with Crippen molar-refractivity contribution >= 4 is 58.6 Å². The number of nitrogens with one attached hydrogen (secondary N) is 2. The zero-order valence-corrected chi connectivity index (χ0v) is 28.0. The molecule has 4 aromatic rings. The molecule has 4 amide bonds. The van der Waals surface area contributed by atoms with Gasteiger partial charge in [-0.05, 0) is 79.7 Å². The molecule has 250 valence electrons. The van der Waals surface area contributed by atoms with E-state index in [1.54, 1.807) is 91.0 Å². The fraction of sp³-hybridized carbons (Fsp3) is 0.162. The smallest absolute Gasteiger partial charge is 0.272 e. The molecule has 5 rings (SSSR count). The Hall–Kier alpha value is -5.88. The normalized spacial score (nSPS) is 14.3. The lowest BCUT2D eigenvalue weighted by atomic mass is 10.1. The number of benzene rings is 4. The van der Waals surface area contributed by atoms with E-state index in [9.17, 15) is 24.0 Å². The topological polar surface area (TPSA) is 140 Å². The van der Waals surface area contributed by atoms with Gasteiger partial charge in [-0.25, -0.2) is 4.90 Å². The van der Waals surface area contributed by atoms with E-state index in [4.69, 9.17) is 14.2 Å². The molecule has 0 bridgehead atoms. The zero-order chi connectivity index (χ0) is 35.1. The molecule has 49 heavy (non-hydrogen) atoms. The Morgan fingerprint density at radius 3 is 2.18 bits per heavy atom. The fourth-order valence-electron chi connectivity index (χ4n) is 5.16. The summed E-state index contributed by atoms with van der Waals surface area (Å²) in [6, 6.07) is 24.9. The van der Waals surface area contributed by atoms with Gasteiger partial charge in [-0.1, -0.05) is 24.3 Å². The predicted octanol–water partition coefficient (Wildman–Crippen LogP) is 5.75. The third-order valence-electron chi connectivity index (χ3n) is 7.57. The monoisotopic (exact) mass is 679 g/mol. The lowest BCUT2D eigenvalue weighted by Crippen LogP contribution is -2.31. The summed E-state index contributed by atoms with van der Waals surface area (Å²) in [5, 5.41) is 4.83. The Morgan fingerprint density at radius 1 is 0.816 bits per heavy atom. The molecule has 1 saturated heterocycles. The third-order valence-corrected chi connectivity index (χ3v) is 8.75. The summed E-state index contributed by atoms with van der Waals surface area (Å²) >= 11 is 1.20. The summed E-state index contributed by atoms with van der Waals surface area (Å²) in [6.45, 7) is 1.44. The van der Waals surface area contributed by atoms with Gasteiger partial charge >= 0.3 is 0 Å². The van der Waals surface area contributed by atoms with Crippen molar-refractivity contribution in [2.24, 2.45) is 0 Å². The van der Waals surface area contributed by atoms with Crippen molar-refractivity contribution < 1.29 is 38.2 Å². The number of anilines is 2. The van der Waals surface area contributed by atoms with Crippen molar-refractivity contribution in [2.75, 3.05) is 31.5 Å². The van der Waals surface area contributed by atoms with Crippen molar-refractivity contribution in [3.63, 3.8) is 0 Å². The van der Waals surface area contributed by atoms with Crippen LogP contribution in [0.25, 0.3) is 6.08 Å². The number of carbonyl (C=O) groups excluding carboxylic acids is 5. The van der Waals surface area contributed by atoms with Crippen LogP contribution >= 0.6 is 11.8 Å². The van der Waals surface area contributed by atoms with Crippen molar-refractivity contribution in [1.29, 1.82) is 0 Å². The van der Waals surface area contributed by atoms with Crippen LogP contribution in [0.2, 0.25) is 0 Å². The minimum atomic E-state index is -0.691. The van der Waals surface area contributed by atoms with Crippen LogP contribution in [0, 0.1) is 0 Å². The number of amides is 4. The summed E-state index contributed by atoms with van der Waals surface area (Å²) in [7, 11) is 4.40. The van der Waals surface area contributed by atoms with Gasteiger partial charge in [0.1, 0.15) is 5.70 Å². The van der Waals surface area contributed by atoms with E-state index in [0.29, 0.717) is 50.2 Å². The number of carbonyl (C=O) groups is 5. The number of nitrogens with zero attached hydrogens (tertiary/aromatic N) is 1. The van der Waals surface area contributed by atoms with Crippen LogP contribution in [0.1, 0.15) is 39.6 Å². The number of hydrogen-bond donors (Lipinski definition) is 2. The molecule has 4 aromatic carbocycles. The van der Waals surface area contributed by atoms with Crippen LogP contribution in [0.3, 0.4) is 0 Å². The molecule has 0 aliphatic carbocycles. The maximum Gasteiger partial charge on any atom is 0.272 e. The van der Waals surface area contributed by atoms with E-state index < -0.39 is 17.1 Å². The maximum absolute atomic E-state index is 13.8. The van der Waals surface area contributed by atoms with Crippen molar-refractivity contribution in [2.45, 2.75) is 23.5 Å². The van der Waals surface area contributed by atoms with Crippen molar-refractivity contribution in [1.82, 2.24) is 5.32 Å². The molecule has 1 heterocycles. The van der Waals surface area contributed by atoms with E-state index in [2.05, 4.69) is 10.6 Å². The van der Waals surface area contributed by atoms with Crippen LogP contribution < -0.4 is 29.7 Å². The van der Waals surface area contributed by atoms with Gasteiger partial charge in [0.25, 0.3) is 11.8 Å². The van der Waals surface area contributed by atoms with Gasteiger partial charge in [-0.3, -0.25) is 24.0 Å². The van der Waals surface area contributed by atoms with Gasteiger partial charge in [0, 0.05) is 33.7 Å². The van der Waals surface area contributed by atoms with E-state index in [0.717, 1.165) is 4.90 Å². The summed E-state index contributed by atoms with van der Waals surface area (Å²) in [5.41, 5.74) is 1.97. The molecule has 0 radical (unpaired) electrons. The Balaban J connectivity index is 1.38. The maximum atomic E-state index is 13.8. The molecule has 2 N–H and O–H groups in total. The second-order valence-corrected chi connectivity index (χ2v) is 12.0. The minimum Gasteiger partial charge on any atom is -0.493 e. The van der Waals surface area contributed by atoms with Crippen molar-refractivity contribution in [3.8, 4) is 17.2 Å². The van der Waals surface area contributed by atoms with E-state index in [1.807, 2.05) is 0 Å². The van der Waals surface area contributed by atoms with E-state index in [-0.39, 0.29) is 29.7 Å². The van der Waals surface area contributed by atoms with Gasteiger partial charge in [0.2, 0.25) is 17.6 Å². The first-order chi connectivity index (χ1) is 23.6. The van der Waals surface area contributed by atoms with E-state index >= 15 is 0 Å². The molecule has 1 aliphatic heterocycles. The van der Waals surface area contributed by atoms with Crippen LogP contribution in [0.15, 0.2) is 102 Å². The van der Waals surface area contributed by atoms with Gasteiger partial charge < -0.3 is 24.8 Å². The number of ketones is 1. The molecular weight excluding hydrogens is 646 g/mol. The Labute approximate surface area is 287 Å². The molecular formula is C37H33N3O8S. The highest BCUT2D eigenvalue weighted by Crippen LogP contribution is 2.41. The summed E-state index contributed by atoms with van der Waals surface area (Å²) in [4.78, 5) is 66.5. The second kappa shape index (κ2) is 15.3. The molecule has 11 nitrogen and oxygen atoms in total. The molecule has 0 saturated carbocycles. The van der Waals surface area contributed by atoms with Gasteiger partial charge in [-0.2, -0.15) is 0 Å². The molecule has 1 aliphatic rings. The molecule has 0 aromatic heterocycles. The number of thioether (sulfide) groups is 1. The zero-order valence-electron chi connectivity index (χ0n) is 27.1. The average molecular weight is 680 g/mol. The van der Waals surface area contributed by atoms with Crippen LogP contribution in [0.4, 0.5) is 11.4 Å². The lowest BCUT2D eigenvalue weighted by molar-refractivity contribution is -0.121. The number of Topliss-reactive ketones (excluding diaryl/α,β-unsaturated/α-hetero) is 1. The predicted molar refractivity (Wildman–Crippen MR) is 186 cm³/mol. The molecule has 12 heteroatoms. The third kappa shape index (κ3) is 7.82. The number of imide groups is 1. The summed E-state index contributed by atoms with van der Waals surface area (Å²) in [6.07, 6.45) is 1.45. The molecule has 1 atom stereocenters. The molecule has 1 fully saturated rings.